The minimum absolute atomic E-state index is 0.00481. The van der Waals surface area contributed by atoms with Crippen LogP contribution in [0.3, 0.4) is 0 Å². The van der Waals surface area contributed by atoms with E-state index in [2.05, 4.69) is 10.3 Å². The van der Waals surface area contributed by atoms with Gasteiger partial charge in [0.05, 0.1) is 6.07 Å². The van der Waals surface area contributed by atoms with Crippen LogP contribution in [0.25, 0.3) is 0 Å². The zero-order valence-electron chi connectivity index (χ0n) is 9.69. The molecule has 1 atom stereocenters. The summed E-state index contributed by atoms with van der Waals surface area (Å²) >= 11 is 0. The Labute approximate surface area is 95.3 Å². The summed E-state index contributed by atoms with van der Waals surface area (Å²) < 4.78 is 0. The van der Waals surface area contributed by atoms with E-state index in [1.165, 1.54) is 0 Å². The average Bonchev–Trinajstić information content (AvgIpc) is 2.17. The Morgan fingerprint density at radius 3 is 2.69 bits per heavy atom. The molecule has 1 aromatic rings. The lowest BCUT2D eigenvalue weighted by atomic mass is 9.97. The van der Waals surface area contributed by atoms with Crippen LogP contribution in [0.2, 0.25) is 0 Å². The average molecular weight is 217 g/mol. The number of nitriles is 1. The summed E-state index contributed by atoms with van der Waals surface area (Å²) in [4.78, 5) is 15.9. The first-order chi connectivity index (χ1) is 7.54. The van der Waals surface area contributed by atoms with Crippen molar-refractivity contribution in [3.63, 3.8) is 0 Å². The van der Waals surface area contributed by atoms with Gasteiger partial charge in [-0.05, 0) is 25.0 Å². The maximum atomic E-state index is 11.7. The van der Waals surface area contributed by atoms with Gasteiger partial charge in [-0.2, -0.15) is 5.26 Å². The number of hydrogen-bond acceptors (Lipinski definition) is 3. The molecule has 1 N–H and O–H groups in total. The van der Waals surface area contributed by atoms with Crippen LogP contribution in [0.4, 0.5) is 5.82 Å². The molecule has 84 valence electrons. The topological polar surface area (TPSA) is 65.8 Å². The van der Waals surface area contributed by atoms with Crippen LogP contribution >= 0.6 is 0 Å². The third-order valence-electron chi connectivity index (χ3n) is 2.23. The first-order valence-electron chi connectivity index (χ1n) is 5.18. The Kier molecular flexibility index (Phi) is 4.01. The molecular formula is C12H15N3O. The van der Waals surface area contributed by atoms with Crippen molar-refractivity contribution >= 4 is 11.7 Å². The largest absolute Gasteiger partial charge is 0.310 e. The lowest BCUT2D eigenvalue weighted by Crippen LogP contribution is -2.26. The SMILES string of the molecule is Cc1cccc(NC(=O)C(C#N)C(C)C)n1. The van der Waals surface area contributed by atoms with Crippen LogP contribution in [0, 0.1) is 30.1 Å². The molecule has 1 aromatic heterocycles. The second-order valence-electron chi connectivity index (χ2n) is 4.00. The lowest BCUT2D eigenvalue weighted by molar-refractivity contribution is -0.119. The van der Waals surface area contributed by atoms with E-state index in [1.54, 1.807) is 6.07 Å². The quantitative estimate of drug-likeness (QED) is 0.843. The molecule has 0 saturated heterocycles. The Hall–Kier alpha value is -1.89. The summed E-state index contributed by atoms with van der Waals surface area (Å²) in [6, 6.07) is 7.37. The molecular weight excluding hydrogens is 202 g/mol. The molecule has 1 unspecified atom stereocenters. The van der Waals surface area contributed by atoms with Crippen molar-refractivity contribution in [2.75, 3.05) is 5.32 Å². The molecule has 16 heavy (non-hydrogen) atoms. The van der Waals surface area contributed by atoms with Gasteiger partial charge >= 0.3 is 0 Å². The highest BCUT2D eigenvalue weighted by molar-refractivity contribution is 5.93. The number of hydrogen-bond donors (Lipinski definition) is 1. The van der Waals surface area contributed by atoms with Crippen LogP contribution in [0.15, 0.2) is 18.2 Å². The van der Waals surface area contributed by atoms with Crippen molar-refractivity contribution in [2.24, 2.45) is 11.8 Å². The van der Waals surface area contributed by atoms with Gasteiger partial charge in [-0.1, -0.05) is 19.9 Å². The number of pyridine rings is 1. The number of carbonyl (C=O) groups excluding carboxylic acids is 1. The summed E-state index contributed by atoms with van der Waals surface area (Å²) in [5, 5.41) is 11.5. The third-order valence-corrected chi connectivity index (χ3v) is 2.23. The van der Waals surface area contributed by atoms with E-state index in [0.717, 1.165) is 5.69 Å². The van der Waals surface area contributed by atoms with Gasteiger partial charge in [0, 0.05) is 5.69 Å². The fourth-order valence-corrected chi connectivity index (χ4v) is 1.33. The van der Waals surface area contributed by atoms with Crippen LogP contribution < -0.4 is 5.32 Å². The molecule has 0 saturated carbocycles. The molecule has 0 fully saturated rings. The molecule has 1 heterocycles. The monoisotopic (exact) mass is 217 g/mol. The number of anilines is 1. The molecule has 4 heteroatoms. The van der Waals surface area contributed by atoms with Gasteiger partial charge in [-0.25, -0.2) is 4.98 Å². The minimum Gasteiger partial charge on any atom is -0.310 e. The fourth-order valence-electron chi connectivity index (χ4n) is 1.33. The molecule has 0 aliphatic rings. The van der Waals surface area contributed by atoms with Gasteiger partial charge in [0.25, 0.3) is 0 Å². The Bertz CT molecular complexity index is 421. The van der Waals surface area contributed by atoms with E-state index in [4.69, 9.17) is 5.26 Å². The number of nitrogens with one attached hydrogen (secondary N) is 1. The summed E-state index contributed by atoms with van der Waals surface area (Å²) in [6.45, 7) is 5.54. The molecule has 1 amide bonds. The number of carbonyl (C=O) groups is 1. The van der Waals surface area contributed by atoms with Crippen molar-refractivity contribution in [1.82, 2.24) is 4.98 Å². The number of rotatable bonds is 3. The number of aryl methyl sites for hydroxylation is 1. The molecule has 0 aliphatic heterocycles. The minimum atomic E-state index is -0.637. The highest BCUT2D eigenvalue weighted by Crippen LogP contribution is 2.13. The summed E-state index contributed by atoms with van der Waals surface area (Å²) in [5.41, 5.74) is 0.829. The molecule has 1 rings (SSSR count). The van der Waals surface area contributed by atoms with Crippen LogP contribution in [0.1, 0.15) is 19.5 Å². The maximum Gasteiger partial charge on any atom is 0.243 e. The smallest absolute Gasteiger partial charge is 0.243 e. The van der Waals surface area contributed by atoms with Crippen LogP contribution in [-0.4, -0.2) is 10.9 Å². The van der Waals surface area contributed by atoms with Gasteiger partial charge in [0.2, 0.25) is 5.91 Å². The van der Waals surface area contributed by atoms with Crippen LogP contribution in [-0.2, 0) is 4.79 Å². The Morgan fingerprint density at radius 2 is 2.19 bits per heavy atom. The zero-order chi connectivity index (χ0) is 12.1. The Balaban J connectivity index is 2.75. The van der Waals surface area contributed by atoms with E-state index < -0.39 is 5.92 Å². The van der Waals surface area contributed by atoms with Crippen molar-refractivity contribution in [3.05, 3.63) is 23.9 Å². The van der Waals surface area contributed by atoms with E-state index in [9.17, 15) is 4.79 Å². The van der Waals surface area contributed by atoms with Crippen molar-refractivity contribution in [2.45, 2.75) is 20.8 Å². The normalized spacial score (nSPS) is 11.9. The molecule has 0 aliphatic carbocycles. The second kappa shape index (κ2) is 5.26. The summed E-state index contributed by atoms with van der Waals surface area (Å²) in [6.07, 6.45) is 0. The first-order valence-corrected chi connectivity index (χ1v) is 5.18. The van der Waals surface area contributed by atoms with Crippen molar-refractivity contribution < 1.29 is 4.79 Å². The van der Waals surface area contributed by atoms with Gasteiger partial charge in [-0.3, -0.25) is 4.79 Å². The van der Waals surface area contributed by atoms with E-state index >= 15 is 0 Å². The highest BCUT2D eigenvalue weighted by Gasteiger charge is 2.21. The third kappa shape index (κ3) is 3.06. The van der Waals surface area contributed by atoms with E-state index in [-0.39, 0.29) is 11.8 Å². The fraction of sp³-hybridized carbons (Fsp3) is 0.417. The standard InChI is InChI=1S/C12H15N3O/c1-8(2)10(7-13)12(16)15-11-6-4-5-9(3)14-11/h4-6,8,10H,1-3H3,(H,14,15,16). The molecule has 0 aromatic carbocycles. The van der Waals surface area contributed by atoms with Crippen molar-refractivity contribution in [1.29, 1.82) is 5.26 Å². The maximum absolute atomic E-state index is 11.7. The predicted octanol–water partition coefficient (Wildman–Crippen LogP) is 2.12. The Morgan fingerprint density at radius 1 is 1.50 bits per heavy atom. The summed E-state index contributed by atoms with van der Waals surface area (Å²) in [7, 11) is 0. The van der Waals surface area contributed by atoms with Crippen molar-refractivity contribution in [3.8, 4) is 6.07 Å². The molecule has 0 radical (unpaired) electrons. The van der Waals surface area contributed by atoms with Crippen LogP contribution in [0.5, 0.6) is 0 Å². The van der Waals surface area contributed by atoms with Gasteiger partial charge < -0.3 is 5.32 Å². The zero-order valence-corrected chi connectivity index (χ0v) is 9.69. The molecule has 4 nitrogen and oxygen atoms in total. The highest BCUT2D eigenvalue weighted by atomic mass is 16.1. The number of nitrogens with zero attached hydrogens (tertiary/aromatic N) is 2. The van der Waals surface area contributed by atoms with Gasteiger partial charge in [0.15, 0.2) is 0 Å². The van der Waals surface area contributed by atoms with Gasteiger partial charge in [0.1, 0.15) is 11.7 Å². The predicted molar refractivity (Wildman–Crippen MR) is 61.5 cm³/mol. The number of amides is 1. The second-order valence-corrected chi connectivity index (χ2v) is 4.00. The van der Waals surface area contributed by atoms with Gasteiger partial charge in [-0.15, -0.1) is 0 Å². The summed E-state index contributed by atoms with van der Waals surface area (Å²) in [5.74, 6) is -0.446. The lowest BCUT2D eigenvalue weighted by Gasteiger charge is -2.12. The first kappa shape index (κ1) is 12.2. The van der Waals surface area contributed by atoms with E-state index in [0.29, 0.717) is 5.82 Å². The van der Waals surface area contributed by atoms with E-state index in [1.807, 2.05) is 39.0 Å². The number of aromatic nitrogens is 1. The molecule has 0 spiro atoms. The molecule has 0 bridgehead atoms.